The molecule has 1 saturated heterocycles. The van der Waals surface area contributed by atoms with Gasteiger partial charge in [-0.3, -0.25) is 0 Å². The van der Waals surface area contributed by atoms with Crippen molar-refractivity contribution in [2.45, 2.75) is 12.5 Å². The second-order valence-corrected chi connectivity index (χ2v) is 4.34. The Morgan fingerprint density at radius 1 is 1.44 bits per heavy atom. The zero-order valence-corrected chi connectivity index (χ0v) is 9.27. The highest BCUT2D eigenvalue weighted by molar-refractivity contribution is 5.83. The van der Waals surface area contributed by atoms with Crippen molar-refractivity contribution in [3.63, 3.8) is 0 Å². The van der Waals surface area contributed by atoms with Gasteiger partial charge in [0.2, 0.25) is 0 Å². The van der Waals surface area contributed by atoms with E-state index in [1.807, 2.05) is 24.7 Å². The quantitative estimate of drug-likeness (QED) is 0.758. The van der Waals surface area contributed by atoms with E-state index in [9.17, 15) is 5.11 Å². The molecule has 0 unspecified atom stereocenters. The van der Waals surface area contributed by atoms with Crippen molar-refractivity contribution in [1.82, 2.24) is 14.5 Å². The number of aliphatic hydroxyl groups is 1. The molecule has 0 radical (unpaired) electrons. The zero-order valence-electron chi connectivity index (χ0n) is 9.27. The van der Waals surface area contributed by atoms with Crippen LogP contribution in [0.5, 0.6) is 0 Å². The summed E-state index contributed by atoms with van der Waals surface area (Å²) in [6.07, 6.45) is 3.46. The Balaban J connectivity index is 2.33. The van der Waals surface area contributed by atoms with E-state index in [1.54, 1.807) is 6.33 Å². The summed E-state index contributed by atoms with van der Waals surface area (Å²) in [5, 5.41) is 11.3. The van der Waals surface area contributed by atoms with Gasteiger partial charge in [0.25, 0.3) is 0 Å². The molecule has 0 bridgehead atoms. The van der Waals surface area contributed by atoms with Gasteiger partial charge < -0.3 is 14.4 Å². The molecule has 3 heterocycles. The molecule has 5 heteroatoms. The third kappa shape index (κ3) is 1.12. The van der Waals surface area contributed by atoms with Gasteiger partial charge in [0.05, 0.1) is 18.9 Å². The van der Waals surface area contributed by atoms with Gasteiger partial charge in [-0.1, -0.05) is 0 Å². The van der Waals surface area contributed by atoms with Crippen LogP contribution in [0.25, 0.3) is 11.0 Å². The monoisotopic (exact) mass is 219 g/mol. The van der Waals surface area contributed by atoms with Gasteiger partial charge in [-0.15, -0.1) is 0 Å². The van der Waals surface area contributed by atoms with E-state index in [1.165, 1.54) is 0 Å². The molecule has 1 N–H and O–H groups in total. The van der Waals surface area contributed by atoms with Gasteiger partial charge in [-0.25, -0.2) is 9.97 Å². The van der Waals surface area contributed by atoms with E-state index in [0.29, 0.717) is 13.2 Å². The van der Waals surface area contributed by atoms with E-state index in [2.05, 4.69) is 9.97 Å². The Kier molecular flexibility index (Phi) is 1.84. The van der Waals surface area contributed by atoms with Gasteiger partial charge in [0, 0.05) is 24.2 Å². The molecule has 5 nitrogen and oxygen atoms in total. The molecule has 1 aliphatic rings. The lowest BCUT2D eigenvalue weighted by Gasteiger charge is -2.36. The number of aryl methyl sites for hydroxylation is 2. The fraction of sp³-hybridized carbons (Fsp3) is 0.455. The molecule has 1 aliphatic heterocycles. The lowest BCUT2D eigenvalue weighted by atomic mass is 9.92. The summed E-state index contributed by atoms with van der Waals surface area (Å²) in [6, 6.07) is 0. The molecule has 0 atom stereocenters. The molecule has 0 spiro atoms. The van der Waals surface area contributed by atoms with Gasteiger partial charge in [-0.2, -0.15) is 0 Å². The van der Waals surface area contributed by atoms with Crippen molar-refractivity contribution >= 4 is 11.0 Å². The summed E-state index contributed by atoms with van der Waals surface area (Å²) in [6.45, 7) is 2.62. The highest BCUT2D eigenvalue weighted by Gasteiger charge is 2.40. The van der Waals surface area contributed by atoms with Crippen LogP contribution in [0.15, 0.2) is 12.5 Å². The largest absolute Gasteiger partial charge is 0.380 e. The molecule has 3 rings (SSSR count). The first kappa shape index (κ1) is 9.74. The van der Waals surface area contributed by atoms with Crippen LogP contribution in [0.2, 0.25) is 0 Å². The molecule has 16 heavy (non-hydrogen) atoms. The maximum Gasteiger partial charge on any atom is 0.143 e. The number of hydrogen-bond donors (Lipinski definition) is 1. The Bertz CT molecular complexity index is 558. The Labute approximate surface area is 92.7 Å². The lowest BCUT2D eigenvalue weighted by molar-refractivity contribution is -0.183. The van der Waals surface area contributed by atoms with E-state index in [-0.39, 0.29) is 0 Å². The molecular weight excluding hydrogens is 206 g/mol. The second kappa shape index (κ2) is 3.02. The van der Waals surface area contributed by atoms with Crippen molar-refractivity contribution < 1.29 is 9.84 Å². The second-order valence-electron chi connectivity index (χ2n) is 4.34. The van der Waals surface area contributed by atoms with Crippen molar-refractivity contribution in [3.8, 4) is 0 Å². The molecule has 0 aliphatic carbocycles. The van der Waals surface area contributed by atoms with Crippen molar-refractivity contribution in [2.75, 3.05) is 13.2 Å². The molecule has 2 aromatic rings. The lowest BCUT2D eigenvalue weighted by Crippen LogP contribution is -2.46. The van der Waals surface area contributed by atoms with Gasteiger partial charge >= 0.3 is 0 Å². The molecular formula is C11H13N3O2. The molecule has 0 amide bonds. The van der Waals surface area contributed by atoms with Crippen LogP contribution in [0.3, 0.4) is 0 Å². The maximum atomic E-state index is 10.3. The Morgan fingerprint density at radius 2 is 2.19 bits per heavy atom. The average Bonchev–Trinajstić information content (AvgIpc) is 2.55. The number of hydrogen-bond acceptors (Lipinski definition) is 4. The third-order valence-electron chi connectivity index (χ3n) is 3.13. The van der Waals surface area contributed by atoms with E-state index in [0.717, 1.165) is 22.3 Å². The van der Waals surface area contributed by atoms with Crippen molar-refractivity contribution in [2.24, 2.45) is 7.05 Å². The maximum absolute atomic E-state index is 10.3. The SMILES string of the molecule is Cc1ncnc2c1c(C1(O)COC1)cn2C. The van der Waals surface area contributed by atoms with Crippen LogP contribution >= 0.6 is 0 Å². The van der Waals surface area contributed by atoms with Crippen LogP contribution in [-0.4, -0.2) is 32.9 Å². The van der Waals surface area contributed by atoms with Crippen molar-refractivity contribution in [3.05, 3.63) is 23.8 Å². The first-order valence-corrected chi connectivity index (χ1v) is 5.19. The highest BCUT2D eigenvalue weighted by Crippen LogP contribution is 2.35. The average molecular weight is 219 g/mol. The molecule has 2 aromatic heterocycles. The summed E-state index contributed by atoms with van der Waals surface area (Å²) in [4.78, 5) is 8.41. The molecule has 84 valence electrons. The molecule has 0 saturated carbocycles. The number of nitrogens with zero attached hydrogens (tertiary/aromatic N) is 3. The number of aromatic nitrogens is 3. The van der Waals surface area contributed by atoms with Crippen LogP contribution in [0, 0.1) is 6.92 Å². The number of rotatable bonds is 1. The van der Waals surface area contributed by atoms with Crippen LogP contribution in [0.1, 0.15) is 11.3 Å². The smallest absolute Gasteiger partial charge is 0.143 e. The normalized spacial score (nSPS) is 18.7. The summed E-state index contributed by atoms with van der Waals surface area (Å²) in [5.74, 6) is 0. The van der Waals surface area contributed by atoms with E-state index < -0.39 is 5.60 Å². The minimum absolute atomic E-state index is 0.348. The fourth-order valence-electron chi connectivity index (χ4n) is 2.17. The minimum Gasteiger partial charge on any atom is -0.380 e. The van der Waals surface area contributed by atoms with Gasteiger partial charge in [-0.05, 0) is 6.92 Å². The predicted octanol–water partition coefficient (Wildman–Crippen LogP) is 0.495. The topological polar surface area (TPSA) is 60.2 Å². The third-order valence-corrected chi connectivity index (χ3v) is 3.13. The standard InChI is InChI=1S/C11H13N3O2/c1-7-9-8(11(15)4-16-5-11)3-14(2)10(9)13-6-12-7/h3,6,15H,4-5H2,1-2H3. The Hall–Kier alpha value is -1.46. The highest BCUT2D eigenvalue weighted by atomic mass is 16.5. The zero-order chi connectivity index (χ0) is 11.3. The number of ether oxygens (including phenoxy) is 1. The molecule has 1 fully saturated rings. The summed E-state index contributed by atoms with van der Waals surface area (Å²) >= 11 is 0. The Morgan fingerprint density at radius 3 is 2.81 bits per heavy atom. The fourth-order valence-corrected chi connectivity index (χ4v) is 2.17. The van der Waals surface area contributed by atoms with E-state index in [4.69, 9.17) is 4.74 Å². The first-order chi connectivity index (χ1) is 7.62. The van der Waals surface area contributed by atoms with E-state index >= 15 is 0 Å². The minimum atomic E-state index is -0.866. The summed E-state index contributed by atoms with van der Waals surface area (Å²) in [7, 11) is 1.92. The molecule has 0 aromatic carbocycles. The summed E-state index contributed by atoms with van der Waals surface area (Å²) in [5.41, 5.74) is 1.74. The van der Waals surface area contributed by atoms with Crippen LogP contribution in [0.4, 0.5) is 0 Å². The van der Waals surface area contributed by atoms with Crippen LogP contribution in [-0.2, 0) is 17.4 Å². The predicted molar refractivity (Wildman–Crippen MR) is 58.0 cm³/mol. The van der Waals surface area contributed by atoms with Gasteiger partial charge in [0.1, 0.15) is 17.6 Å². The first-order valence-electron chi connectivity index (χ1n) is 5.19. The summed E-state index contributed by atoms with van der Waals surface area (Å²) < 4.78 is 7.00. The number of fused-ring (bicyclic) bond motifs is 1. The van der Waals surface area contributed by atoms with Crippen molar-refractivity contribution in [1.29, 1.82) is 0 Å². The van der Waals surface area contributed by atoms with Crippen LogP contribution < -0.4 is 0 Å². The van der Waals surface area contributed by atoms with Gasteiger partial charge in [0.15, 0.2) is 0 Å².